The lowest BCUT2D eigenvalue weighted by Crippen LogP contribution is -2.20. The molecule has 4 rings (SSSR count). The summed E-state index contributed by atoms with van der Waals surface area (Å²) in [7, 11) is 0. The van der Waals surface area contributed by atoms with Crippen LogP contribution in [0.3, 0.4) is 0 Å². The first kappa shape index (κ1) is 19.2. The van der Waals surface area contributed by atoms with E-state index in [0.29, 0.717) is 11.3 Å². The molecule has 0 aliphatic heterocycles. The van der Waals surface area contributed by atoms with Crippen LogP contribution in [0.4, 0.5) is 15.9 Å². The molecular weight excluding hydrogens is 389 g/mol. The highest BCUT2D eigenvalue weighted by Crippen LogP contribution is 2.25. The Morgan fingerprint density at radius 2 is 1.87 bits per heavy atom. The molecule has 0 atom stereocenters. The highest BCUT2D eigenvalue weighted by atomic mass is 19.1. The van der Waals surface area contributed by atoms with Crippen molar-refractivity contribution in [1.29, 1.82) is 0 Å². The van der Waals surface area contributed by atoms with Crippen molar-refractivity contribution in [3.8, 4) is 23.0 Å². The zero-order valence-corrected chi connectivity index (χ0v) is 16.3. The highest BCUT2D eigenvalue weighted by molar-refractivity contribution is 5.91. The number of carbonyl (C=O) groups excluding carboxylic acids is 1. The Hall–Kier alpha value is -4.08. The molecule has 30 heavy (non-hydrogen) atoms. The third-order valence-corrected chi connectivity index (χ3v) is 4.30. The van der Waals surface area contributed by atoms with Gasteiger partial charge in [-0.15, -0.1) is 5.10 Å². The van der Waals surface area contributed by atoms with Crippen LogP contribution in [0.5, 0.6) is 0 Å². The van der Waals surface area contributed by atoms with Crippen LogP contribution in [-0.4, -0.2) is 31.0 Å². The number of hydrogen-bond acceptors (Lipinski definition) is 7. The molecule has 1 amide bonds. The smallest absolute Gasteiger partial charge is 0.282 e. The number of aryl methyl sites for hydroxylation is 2. The molecule has 0 aliphatic carbocycles. The van der Waals surface area contributed by atoms with Gasteiger partial charge in [0.05, 0.1) is 0 Å². The lowest BCUT2D eigenvalue weighted by molar-refractivity contribution is -0.116. The Labute approximate surface area is 170 Å². The third kappa shape index (κ3) is 4.02. The van der Waals surface area contributed by atoms with Crippen LogP contribution in [0.1, 0.15) is 11.1 Å². The maximum Gasteiger partial charge on any atom is 0.282 e. The van der Waals surface area contributed by atoms with Crippen molar-refractivity contribution in [2.75, 3.05) is 11.1 Å². The van der Waals surface area contributed by atoms with Crippen molar-refractivity contribution >= 4 is 17.4 Å². The van der Waals surface area contributed by atoms with Gasteiger partial charge in [0.1, 0.15) is 12.4 Å². The Morgan fingerprint density at radius 3 is 2.57 bits per heavy atom. The van der Waals surface area contributed by atoms with E-state index >= 15 is 0 Å². The number of hydrogen-bond donors (Lipinski definition) is 2. The molecule has 3 N–H and O–H groups in total. The largest absolute Gasteiger partial charge is 0.382 e. The minimum absolute atomic E-state index is 0.0489. The van der Waals surface area contributed by atoms with E-state index < -0.39 is 0 Å². The van der Waals surface area contributed by atoms with Crippen LogP contribution >= 0.6 is 0 Å². The summed E-state index contributed by atoms with van der Waals surface area (Å²) in [6, 6.07) is 11.4. The quantitative estimate of drug-likeness (QED) is 0.521. The first-order chi connectivity index (χ1) is 14.4. The molecule has 0 saturated carbocycles. The van der Waals surface area contributed by atoms with E-state index in [1.807, 2.05) is 32.0 Å². The lowest BCUT2D eigenvalue weighted by Gasteiger charge is -2.08. The second kappa shape index (κ2) is 7.74. The number of nitrogens with zero attached hydrogens (tertiary/aromatic N) is 5. The predicted molar refractivity (Wildman–Crippen MR) is 108 cm³/mol. The maximum absolute atomic E-state index is 13.1. The zero-order valence-electron chi connectivity index (χ0n) is 16.3. The highest BCUT2D eigenvalue weighted by Gasteiger charge is 2.20. The summed E-state index contributed by atoms with van der Waals surface area (Å²) in [5.74, 6) is -0.256. The summed E-state index contributed by atoms with van der Waals surface area (Å²) in [5.41, 5.74) is 9.59. The SMILES string of the molecule is Cc1cc(C)cc(NC(=O)Cn2nnc(-c3nc(-c4ccc(F)cc4)no3)c2N)c1. The molecule has 0 spiro atoms. The van der Waals surface area contributed by atoms with E-state index in [-0.39, 0.29) is 41.5 Å². The molecule has 0 unspecified atom stereocenters. The predicted octanol–water partition coefficient (Wildman–Crippen LogP) is 2.97. The van der Waals surface area contributed by atoms with Gasteiger partial charge in [0.15, 0.2) is 11.5 Å². The molecule has 2 aromatic heterocycles. The molecule has 4 aromatic rings. The molecule has 152 valence electrons. The second-order valence-electron chi connectivity index (χ2n) is 6.84. The number of rotatable bonds is 5. The monoisotopic (exact) mass is 407 g/mol. The van der Waals surface area contributed by atoms with E-state index in [1.165, 1.54) is 28.9 Å². The van der Waals surface area contributed by atoms with Crippen molar-refractivity contribution in [3.05, 3.63) is 59.4 Å². The molecule has 9 nitrogen and oxygen atoms in total. The molecule has 2 aromatic carbocycles. The van der Waals surface area contributed by atoms with Crippen molar-refractivity contribution in [3.63, 3.8) is 0 Å². The molecule has 10 heteroatoms. The molecule has 2 heterocycles. The molecule has 0 fully saturated rings. The maximum atomic E-state index is 13.1. The molecule has 0 aliphatic rings. The summed E-state index contributed by atoms with van der Waals surface area (Å²) in [4.78, 5) is 16.6. The number of nitrogens with one attached hydrogen (secondary N) is 1. The van der Waals surface area contributed by atoms with Crippen LogP contribution < -0.4 is 11.1 Å². The summed E-state index contributed by atoms with van der Waals surface area (Å²) in [5, 5.41) is 14.5. The Kier molecular flexibility index (Phi) is 4.97. The number of benzene rings is 2. The van der Waals surface area contributed by atoms with Gasteiger partial charge >= 0.3 is 0 Å². The van der Waals surface area contributed by atoms with Gasteiger partial charge in [0.2, 0.25) is 11.7 Å². The van der Waals surface area contributed by atoms with Crippen molar-refractivity contribution in [1.82, 2.24) is 25.1 Å². The van der Waals surface area contributed by atoms with E-state index in [2.05, 4.69) is 25.8 Å². The summed E-state index contributed by atoms with van der Waals surface area (Å²) < 4.78 is 19.5. The van der Waals surface area contributed by atoms with Gasteiger partial charge in [-0.2, -0.15) is 4.98 Å². The van der Waals surface area contributed by atoms with Gasteiger partial charge in [-0.05, 0) is 61.4 Å². The van der Waals surface area contributed by atoms with Crippen LogP contribution in [0.25, 0.3) is 23.0 Å². The van der Waals surface area contributed by atoms with Crippen LogP contribution in [-0.2, 0) is 11.3 Å². The van der Waals surface area contributed by atoms with Gasteiger partial charge in [-0.3, -0.25) is 4.79 Å². The number of nitrogens with two attached hydrogens (primary N) is 1. The summed E-state index contributed by atoms with van der Waals surface area (Å²) in [6.45, 7) is 3.77. The third-order valence-electron chi connectivity index (χ3n) is 4.30. The second-order valence-corrected chi connectivity index (χ2v) is 6.84. The molecule has 0 bridgehead atoms. The fourth-order valence-corrected chi connectivity index (χ4v) is 3.01. The minimum Gasteiger partial charge on any atom is -0.382 e. The van der Waals surface area contributed by atoms with Crippen molar-refractivity contribution in [2.45, 2.75) is 20.4 Å². The average molecular weight is 407 g/mol. The number of anilines is 2. The van der Waals surface area contributed by atoms with E-state index in [1.54, 1.807) is 0 Å². The van der Waals surface area contributed by atoms with Crippen LogP contribution in [0, 0.1) is 19.7 Å². The van der Waals surface area contributed by atoms with Gasteiger partial charge < -0.3 is 15.6 Å². The first-order valence-electron chi connectivity index (χ1n) is 9.06. The summed E-state index contributed by atoms with van der Waals surface area (Å²) >= 11 is 0. The normalized spacial score (nSPS) is 10.9. The first-order valence-corrected chi connectivity index (χ1v) is 9.06. The van der Waals surface area contributed by atoms with Crippen molar-refractivity contribution < 1.29 is 13.7 Å². The summed E-state index contributed by atoms with van der Waals surface area (Å²) in [6.07, 6.45) is 0. The lowest BCUT2D eigenvalue weighted by atomic mass is 10.1. The number of halogens is 1. The molecule has 0 saturated heterocycles. The Bertz CT molecular complexity index is 1190. The fourth-order valence-electron chi connectivity index (χ4n) is 3.01. The average Bonchev–Trinajstić information content (AvgIpc) is 3.29. The Balaban J connectivity index is 1.50. The van der Waals surface area contributed by atoms with Crippen LogP contribution in [0.2, 0.25) is 0 Å². The zero-order chi connectivity index (χ0) is 21.3. The van der Waals surface area contributed by atoms with Gasteiger partial charge in [0, 0.05) is 11.3 Å². The van der Waals surface area contributed by atoms with E-state index in [9.17, 15) is 9.18 Å². The van der Waals surface area contributed by atoms with Gasteiger partial charge in [-0.1, -0.05) is 16.4 Å². The number of amides is 1. The van der Waals surface area contributed by atoms with Gasteiger partial charge in [-0.25, -0.2) is 9.07 Å². The molecule has 0 radical (unpaired) electrons. The van der Waals surface area contributed by atoms with E-state index in [4.69, 9.17) is 10.3 Å². The van der Waals surface area contributed by atoms with E-state index in [0.717, 1.165) is 11.1 Å². The molecular formula is C20H18FN7O2. The topological polar surface area (TPSA) is 125 Å². The fraction of sp³-hybridized carbons (Fsp3) is 0.150. The number of nitrogen functional groups attached to an aromatic ring is 1. The van der Waals surface area contributed by atoms with Crippen LogP contribution in [0.15, 0.2) is 47.0 Å². The standard InChI is InChI=1S/C20H18FN7O2/c1-11-7-12(2)9-15(8-11)23-16(29)10-28-18(22)17(25-27-28)20-24-19(26-30-20)13-3-5-14(21)6-4-13/h3-9H,10,22H2,1-2H3,(H,23,29). The van der Waals surface area contributed by atoms with Gasteiger partial charge in [0.25, 0.3) is 5.89 Å². The number of aromatic nitrogens is 5. The Morgan fingerprint density at radius 1 is 1.17 bits per heavy atom. The number of carbonyl (C=O) groups is 1. The van der Waals surface area contributed by atoms with Crippen molar-refractivity contribution in [2.24, 2.45) is 0 Å². The minimum atomic E-state index is -0.367.